The highest BCUT2D eigenvalue weighted by Crippen LogP contribution is 2.18. The van der Waals surface area contributed by atoms with Crippen LogP contribution in [0.25, 0.3) is 0 Å². The predicted octanol–water partition coefficient (Wildman–Crippen LogP) is 2.25. The van der Waals surface area contributed by atoms with Gasteiger partial charge in [-0.15, -0.1) is 0 Å². The molecule has 0 bridgehead atoms. The summed E-state index contributed by atoms with van der Waals surface area (Å²) in [6, 6.07) is 2.69. The molecule has 102 valence electrons. The zero-order valence-electron chi connectivity index (χ0n) is 11.5. The zero-order valence-corrected chi connectivity index (χ0v) is 11.5. The van der Waals surface area contributed by atoms with Crippen LogP contribution in [0.3, 0.4) is 0 Å². The normalized spacial score (nSPS) is 25.3. The molecule has 1 aromatic heterocycles. The van der Waals surface area contributed by atoms with Crippen molar-refractivity contribution in [3.63, 3.8) is 0 Å². The van der Waals surface area contributed by atoms with Crippen molar-refractivity contribution in [2.75, 3.05) is 0 Å². The molecule has 0 aromatic carbocycles. The van der Waals surface area contributed by atoms with Crippen LogP contribution in [0.15, 0.2) is 12.3 Å². The Bertz CT molecular complexity index is 362. The Morgan fingerprint density at radius 2 is 2.17 bits per heavy atom. The molecule has 18 heavy (non-hydrogen) atoms. The largest absolute Gasteiger partial charge is 0.392 e. The molecule has 2 rings (SSSR count). The van der Waals surface area contributed by atoms with Crippen molar-refractivity contribution in [1.82, 2.24) is 15.1 Å². The maximum Gasteiger partial charge on any atom is 0.0762 e. The summed E-state index contributed by atoms with van der Waals surface area (Å²) in [5, 5.41) is 18.0. The van der Waals surface area contributed by atoms with Crippen molar-refractivity contribution in [3.8, 4) is 0 Å². The number of rotatable bonds is 4. The van der Waals surface area contributed by atoms with Crippen LogP contribution in [0.5, 0.6) is 0 Å². The van der Waals surface area contributed by atoms with Crippen molar-refractivity contribution >= 4 is 0 Å². The molecule has 1 heterocycles. The molecule has 4 nitrogen and oxygen atoms in total. The van der Waals surface area contributed by atoms with Crippen LogP contribution in [0.1, 0.15) is 57.7 Å². The lowest BCUT2D eigenvalue weighted by molar-refractivity contribution is 0.119. The lowest BCUT2D eigenvalue weighted by Crippen LogP contribution is -2.38. The minimum atomic E-state index is -0.195. The van der Waals surface area contributed by atoms with Gasteiger partial charge in [0.25, 0.3) is 0 Å². The van der Waals surface area contributed by atoms with Gasteiger partial charge in [-0.1, -0.05) is 19.3 Å². The van der Waals surface area contributed by atoms with Crippen LogP contribution < -0.4 is 5.32 Å². The standard InChI is InChI=1S/C14H25N3O/c1-11(2)17-9-8-12(16-17)10-15-13-6-4-3-5-7-14(13)18/h8-9,11,13-15,18H,3-7,10H2,1-2H3. The van der Waals surface area contributed by atoms with Crippen molar-refractivity contribution in [2.24, 2.45) is 0 Å². The first kappa shape index (κ1) is 13.6. The summed E-state index contributed by atoms with van der Waals surface area (Å²) in [6.45, 7) is 5.00. The molecular weight excluding hydrogens is 226 g/mol. The molecule has 4 heteroatoms. The average Bonchev–Trinajstić information content (AvgIpc) is 2.72. The van der Waals surface area contributed by atoms with E-state index in [2.05, 4.69) is 30.3 Å². The van der Waals surface area contributed by atoms with Gasteiger partial charge in [-0.05, 0) is 32.8 Å². The Balaban J connectivity index is 1.85. The number of aliphatic hydroxyl groups is 1. The molecule has 2 N–H and O–H groups in total. The van der Waals surface area contributed by atoms with E-state index in [1.54, 1.807) is 0 Å². The highest BCUT2D eigenvalue weighted by atomic mass is 16.3. The van der Waals surface area contributed by atoms with Gasteiger partial charge in [0.2, 0.25) is 0 Å². The summed E-state index contributed by atoms with van der Waals surface area (Å²) < 4.78 is 1.97. The summed E-state index contributed by atoms with van der Waals surface area (Å²) in [7, 11) is 0. The van der Waals surface area contributed by atoms with Gasteiger partial charge in [0.15, 0.2) is 0 Å². The van der Waals surface area contributed by atoms with E-state index < -0.39 is 0 Å². The van der Waals surface area contributed by atoms with Gasteiger partial charge < -0.3 is 10.4 Å². The minimum absolute atomic E-state index is 0.195. The van der Waals surface area contributed by atoms with E-state index in [0.29, 0.717) is 6.04 Å². The second-order valence-corrected chi connectivity index (χ2v) is 5.57. The van der Waals surface area contributed by atoms with Gasteiger partial charge in [0.05, 0.1) is 11.8 Å². The fraction of sp³-hybridized carbons (Fsp3) is 0.786. The van der Waals surface area contributed by atoms with Gasteiger partial charge in [-0.25, -0.2) is 0 Å². The zero-order chi connectivity index (χ0) is 13.0. The first-order valence-electron chi connectivity index (χ1n) is 7.12. The molecule has 0 radical (unpaired) electrons. The molecule has 1 aliphatic carbocycles. The van der Waals surface area contributed by atoms with E-state index >= 15 is 0 Å². The van der Waals surface area contributed by atoms with Crippen LogP contribution in [0.4, 0.5) is 0 Å². The van der Waals surface area contributed by atoms with Gasteiger partial charge in [0, 0.05) is 24.8 Å². The number of aromatic nitrogens is 2. The number of nitrogens with zero attached hydrogens (tertiary/aromatic N) is 2. The number of hydrogen-bond donors (Lipinski definition) is 2. The summed E-state index contributed by atoms with van der Waals surface area (Å²) in [4.78, 5) is 0. The minimum Gasteiger partial charge on any atom is -0.392 e. The first-order chi connectivity index (χ1) is 8.66. The van der Waals surface area contributed by atoms with Crippen molar-refractivity contribution in [2.45, 2.75) is 70.7 Å². The van der Waals surface area contributed by atoms with Crippen LogP contribution >= 0.6 is 0 Å². The molecule has 0 saturated heterocycles. The molecule has 0 amide bonds. The lowest BCUT2D eigenvalue weighted by atomic mass is 10.1. The fourth-order valence-corrected chi connectivity index (χ4v) is 2.52. The molecule has 0 spiro atoms. The second kappa shape index (κ2) is 6.34. The Morgan fingerprint density at radius 1 is 1.39 bits per heavy atom. The third-order valence-corrected chi connectivity index (χ3v) is 3.72. The molecule has 1 saturated carbocycles. The Morgan fingerprint density at radius 3 is 2.89 bits per heavy atom. The third kappa shape index (κ3) is 3.56. The summed E-state index contributed by atoms with van der Waals surface area (Å²) in [6.07, 6.45) is 7.45. The van der Waals surface area contributed by atoms with E-state index in [9.17, 15) is 5.11 Å². The molecule has 2 unspecified atom stereocenters. The maximum absolute atomic E-state index is 10.0. The fourth-order valence-electron chi connectivity index (χ4n) is 2.52. The lowest BCUT2D eigenvalue weighted by Gasteiger charge is -2.21. The monoisotopic (exact) mass is 251 g/mol. The van der Waals surface area contributed by atoms with Crippen LogP contribution in [-0.2, 0) is 6.54 Å². The predicted molar refractivity (Wildman–Crippen MR) is 72.3 cm³/mol. The molecule has 2 atom stereocenters. The summed E-state index contributed by atoms with van der Waals surface area (Å²) in [5.74, 6) is 0. The third-order valence-electron chi connectivity index (χ3n) is 3.72. The topological polar surface area (TPSA) is 50.1 Å². The maximum atomic E-state index is 10.0. The van der Waals surface area contributed by atoms with Crippen molar-refractivity contribution < 1.29 is 5.11 Å². The average molecular weight is 251 g/mol. The quantitative estimate of drug-likeness (QED) is 0.807. The molecule has 1 aliphatic rings. The Hall–Kier alpha value is -0.870. The highest BCUT2D eigenvalue weighted by Gasteiger charge is 2.21. The molecule has 1 aromatic rings. The smallest absolute Gasteiger partial charge is 0.0762 e. The van der Waals surface area contributed by atoms with E-state index in [1.807, 2.05) is 10.9 Å². The van der Waals surface area contributed by atoms with Gasteiger partial charge in [-0.2, -0.15) is 5.10 Å². The Labute approximate surface area is 109 Å². The van der Waals surface area contributed by atoms with Crippen LogP contribution in [0.2, 0.25) is 0 Å². The van der Waals surface area contributed by atoms with Crippen LogP contribution in [0, 0.1) is 0 Å². The van der Waals surface area contributed by atoms with E-state index in [-0.39, 0.29) is 12.1 Å². The van der Waals surface area contributed by atoms with E-state index in [1.165, 1.54) is 12.8 Å². The summed E-state index contributed by atoms with van der Waals surface area (Å²) >= 11 is 0. The van der Waals surface area contributed by atoms with Gasteiger partial charge >= 0.3 is 0 Å². The second-order valence-electron chi connectivity index (χ2n) is 5.57. The highest BCUT2D eigenvalue weighted by molar-refractivity contribution is 4.99. The molecule has 0 aliphatic heterocycles. The molecule has 1 fully saturated rings. The Kier molecular flexibility index (Phi) is 4.78. The number of hydrogen-bond acceptors (Lipinski definition) is 3. The van der Waals surface area contributed by atoms with Gasteiger partial charge in [0.1, 0.15) is 0 Å². The molecular formula is C14H25N3O. The summed E-state index contributed by atoms with van der Waals surface area (Å²) in [5.41, 5.74) is 1.06. The SMILES string of the molecule is CC(C)n1ccc(CNC2CCCCCC2O)n1. The number of nitrogens with one attached hydrogen (secondary N) is 1. The van der Waals surface area contributed by atoms with Gasteiger partial charge in [-0.3, -0.25) is 4.68 Å². The van der Waals surface area contributed by atoms with E-state index in [0.717, 1.165) is 31.5 Å². The number of aliphatic hydroxyl groups excluding tert-OH is 1. The van der Waals surface area contributed by atoms with Crippen LogP contribution in [-0.4, -0.2) is 27.0 Å². The van der Waals surface area contributed by atoms with Crippen molar-refractivity contribution in [1.29, 1.82) is 0 Å². The first-order valence-corrected chi connectivity index (χ1v) is 7.12. The van der Waals surface area contributed by atoms with E-state index in [4.69, 9.17) is 0 Å². The van der Waals surface area contributed by atoms with Crippen molar-refractivity contribution in [3.05, 3.63) is 18.0 Å².